The van der Waals surface area contributed by atoms with Gasteiger partial charge in [-0.15, -0.1) is 0 Å². The van der Waals surface area contributed by atoms with E-state index in [-0.39, 0.29) is 22.4 Å². The minimum atomic E-state index is -1.26. The average molecular weight is 501 g/mol. The maximum Gasteiger partial charge on any atom is 0.335 e. The van der Waals surface area contributed by atoms with Crippen LogP contribution < -0.4 is 9.64 Å². The minimum Gasteiger partial charge on any atom is -0.494 e. The molecule has 3 aromatic carbocycles. The van der Waals surface area contributed by atoms with Crippen molar-refractivity contribution < 1.29 is 33.9 Å². The Morgan fingerprint density at radius 3 is 2.16 bits per heavy atom. The van der Waals surface area contributed by atoms with Crippen LogP contribution in [0.15, 0.2) is 66.7 Å². The SMILES string of the molecule is CCOc1ccc(N2C(=O)[C@H](N3C(=O)c4ccc(C(=O)O)cc4C3=O)[C@H]2c2ccc([N+](=O)[O-])cc2)cc1. The number of aromatic carboxylic acids is 1. The highest BCUT2D eigenvalue weighted by Gasteiger charge is 2.57. The monoisotopic (exact) mass is 501 g/mol. The Morgan fingerprint density at radius 1 is 0.919 bits per heavy atom. The van der Waals surface area contributed by atoms with Gasteiger partial charge in [-0.25, -0.2) is 4.79 Å². The van der Waals surface area contributed by atoms with Crippen molar-refractivity contribution in [1.29, 1.82) is 0 Å². The number of ether oxygens (including phenoxy) is 1. The number of carbonyl (C=O) groups is 4. The molecule has 186 valence electrons. The highest BCUT2D eigenvalue weighted by atomic mass is 16.6. The summed E-state index contributed by atoms with van der Waals surface area (Å²) in [6.07, 6.45) is 0. The van der Waals surface area contributed by atoms with Crippen LogP contribution >= 0.6 is 0 Å². The molecule has 2 heterocycles. The number of carboxylic acid groups (broad SMARTS) is 1. The standard InChI is InChI=1S/C26H19N3O8/c1-2-37-18-10-8-16(9-11-18)27-21(14-3-6-17(7-4-14)29(35)36)22(25(27)32)28-23(30)19-12-5-15(26(33)34)13-20(19)24(28)31/h3-13,21-22H,2H2,1H3,(H,33,34)/t21-,22-/m1/s1. The van der Waals surface area contributed by atoms with E-state index >= 15 is 0 Å². The van der Waals surface area contributed by atoms with Crippen LogP contribution in [0.2, 0.25) is 0 Å². The van der Waals surface area contributed by atoms with Crippen molar-refractivity contribution in [2.24, 2.45) is 0 Å². The van der Waals surface area contributed by atoms with Gasteiger partial charge in [-0.2, -0.15) is 0 Å². The molecule has 2 aliphatic heterocycles. The first-order chi connectivity index (χ1) is 17.7. The molecule has 1 saturated heterocycles. The smallest absolute Gasteiger partial charge is 0.335 e. The molecule has 0 radical (unpaired) electrons. The number of imide groups is 1. The normalized spacial score (nSPS) is 18.5. The van der Waals surface area contributed by atoms with Gasteiger partial charge in [-0.3, -0.25) is 29.4 Å². The molecule has 3 aromatic rings. The molecule has 0 saturated carbocycles. The van der Waals surface area contributed by atoms with E-state index in [9.17, 15) is 34.4 Å². The molecule has 11 heteroatoms. The van der Waals surface area contributed by atoms with Crippen molar-refractivity contribution in [3.05, 3.63) is 99.1 Å². The molecule has 11 nitrogen and oxygen atoms in total. The summed E-state index contributed by atoms with van der Waals surface area (Å²) in [5.41, 5.74) is 0.555. The molecule has 1 N–H and O–H groups in total. The molecule has 5 rings (SSSR count). The van der Waals surface area contributed by atoms with Gasteiger partial charge in [0.25, 0.3) is 23.4 Å². The highest BCUT2D eigenvalue weighted by molar-refractivity contribution is 6.25. The second-order valence-electron chi connectivity index (χ2n) is 8.42. The zero-order chi connectivity index (χ0) is 26.4. The number of fused-ring (bicyclic) bond motifs is 1. The van der Waals surface area contributed by atoms with Crippen LogP contribution in [0.1, 0.15) is 49.6 Å². The van der Waals surface area contributed by atoms with E-state index in [4.69, 9.17) is 4.74 Å². The first-order valence-corrected chi connectivity index (χ1v) is 11.3. The lowest BCUT2D eigenvalue weighted by molar-refractivity contribution is -0.384. The van der Waals surface area contributed by atoms with Gasteiger partial charge >= 0.3 is 5.97 Å². The Hall–Kier alpha value is -5.06. The van der Waals surface area contributed by atoms with Crippen LogP contribution in [0.25, 0.3) is 0 Å². The van der Waals surface area contributed by atoms with Gasteiger partial charge in [0.2, 0.25) is 0 Å². The quantitative estimate of drug-likeness (QED) is 0.224. The number of β-lactam (4-membered cyclic amide) rings is 1. The van der Waals surface area contributed by atoms with Crippen molar-refractivity contribution in [2.45, 2.75) is 19.0 Å². The Labute approximate surface area is 209 Å². The van der Waals surface area contributed by atoms with E-state index in [1.807, 2.05) is 6.92 Å². The number of nitro benzene ring substituents is 1. The number of hydrogen-bond acceptors (Lipinski definition) is 7. The lowest BCUT2D eigenvalue weighted by Crippen LogP contribution is -2.67. The molecule has 3 amide bonds. The third-order valence-electron chi connectivity index (χ3n) is 6.38. The first-order valence-electron chi connectivity index (χ1n) is 11.3. The average Bonchev–Trinajstić information content (AvgIpc) is 3.13. The molecule has 2 aliphatic rings. The fraction of sp³-hybridized carbons (Fsp3) is 0.154. The van der Waals surface area contributed by atoms with Crippen LogP contribution in [0.3, 0.4) is 0 Å². The van der Waals surface area contributed by atoms with E-state index in [1.165, 1.54) is 41.3 Å². The highest BCUT2D eigenvalue weighted by Crippen LogP contribution is 2.44. The van der Waals surface area contributed by atoms with Gasteiger partial charge in [-0.1, -0.05) is 12.1 Å². The van der Waals surface area contributed by atoms with Crippen LogP contribution in [0.4, 0.5) is 11.4 Å². The summed E-state index contributed by atoms with van der Waals surface area (Å²) in [6.45, 7) is 2.29. The summed E-state index contributed by atoms with van der Waals surface area (Å²) in [6, 6.07) is 13.8. The summed E-state index contributed by atoms with van der Waals surface area (Å²) >= 11 is 0. The number of nitrogens with zero attached hydrogens (tertiary/aromatic N) is 3. The van der Waals surface area contributed by atoms with Crippen LogP contribution in [-0.4, -0.2) is 51.3 Å². The molecule has 0 spiro atoms. The zero-order valence-electron chi connectivity index (χ0n) is 19.4. The topological polar surface area (TPSA) is 147 Å². The third kappa shape index (κ3) is 3.77. The van der Waals surface area contributed by atoms with E-state index < -0.39 is 40.7 Å². The van der Waals surface area contributed by atoms with Gasteiger partial charge in [0.15, 0.2) is 0 Å². The molecule has 2 atom stereocenters. The van der Waals surface area contributed by atoms with Gasteiger partial charge < -0.3 is 14.7 Å². The number of anilines is 1. The molecule has 1 fully saturated rings. The van der Waals surface area contributed by atoms with E-state index in [0.29, 0.717) is 23.6 Å². The van der Waals surface area contributed by atoms with Gasteiger partial charge in [-0.05, 0) is 55.0 Å². The summed E-state index contributed by atoms with van der Waals surface area (Å²) in [5, 5.41) is 20.4. The number of benzene rings is 3. The Morgan fingerprint density at radius 2 is 1.57 bits per heavy atom. The van der Waals surface area contributed by atoms with E-state index in [2.05, 4.69) is 0 Å². The second-order valence-corrected chi connectivity index (χ2v) is 8.42. The van der Waals surface area contributed by atoms with Gasteiger partial charge in [0.05, 0.1) is 34.3 Å². The van der Waals surface area contributed by atoms with Crippen molar-refractivity contribution >= 4 is 35.1 Å². The maximum absolute atomic E-state index is 13.5. The maximum atomic E-state index is 13.5. The Balaban J connectivity index is 1.55. The summed E-state index contributed by atoms with van der Waals surface area (Å²) < 4.78 is 5.45. The number of non-ortho nitro benzene ring substituents is 1. The predicted octanol–water partition coefficient (Wildman–Crippen LogP) is 3.44. The van der Waals surface area contributed by atoms with E-state index in [0.717, 1.165) is 11.0 Å². The first kappa shape index (κ1) is 23.7. The van der Waals surface area contributed by atoms with Crippen molar-refractivity contribution in [2.75, 3.05) is 11.5 Å². The van der Waals surface area contributed by atoms with Gasteiger partial charge in [0.1, 0.15) is 11.8 Å². The lowest BCUT2D eigenvalue weighted by atomic mass is 9.86. The van der Waals surface area contributed by atoms with Crippen LogP contribution in [0, 0.1) is 10.1 Å². The van der Waals surface area contributed by atoms with Gasteiger partial charge in [0, 0.05) is 17.8 Å². The molecule has 37 heavy (non-hydrogen) atoms. The lowest BCUT2D eigenvalue weighted by Gasteiger charge is -2.49. The minimum absolute atomic E-state index is 0.00441. The zero-order valence-corrected chi connectivity index (χ0v) is 19.4. The number of amides is 3. The summed E-state index contributed by atoms with van der Waals surface area (Å²) in [7, 11) is 0. The van der Waals surface area contributed by atoms with Crippen LogP contribution in [0.5, 0.6) is 5.75 Å². The van der Waals surface area contributed by atoms with Crippen LogP contribution in [-0.2, 0) is 4.79 Å². The van der Waals surface area contributed by atoms with Crippen molar-refractivity contribution in [3.8, 4) is 5.75 Å². The fourth-order valence-corrected chi connectivity index (χ4v) is 4.65. The molecule has 0 unspecified atom stereocenters. The number of rotatable bonds is 7. The fourth-order valence-electron chi connectivity index (χ4n) is 4.65. The molecular formula is C26H19N3O8. The predicted molar refractivity (Wildman–Crippen MR) is 129 cm³/mol. The van der Waals surface area contributed by atoms with Crippen molar-refractivity contribution in [3.63, 3.8) is 0 Å². The number of carbonyl (C=O) groups excluding carboxylic acids is 3. The largest absolute Gasteiger partial charge is 0.494 e. The Bertz CT molecular complexity index is 1470. The summed E-state index contributed by atoms with van der Waals surface area (Å²) in [4.78, 5) is 64.2. The van der Waals surface area contributed by atoms with E-state index in [1.54, 1.807) is 24.3 Å². The molecule has 0 aromatic heterocycles. The number of hydrogen-bond donors (Lipinski definition) is 1. The number of carboxylic acids is 1. The molecule has 0 bridgehead atoms. The van der Waals surface area contributed by atoms with Crippen molar-refractivity contribution in [1.82, 2.24) is 4.90 Å². The third-order valence-corrected chi connectivity index (χ3v) is 6.38. The summed E-state index contributed by atoms with van der Waals surface area (Å²) in [5.74, 6) is -2.68. The molecule has 0 aliphatic carbocycles. The number of nitro groups is 1. The Kier molecular flexibility index (Phi) is 5.67. The second kappa shape index (κ2) is 8.86. The molecular weight excluding hydrogens is 482 g/mol.